The zero-order valence-corrected chi connectivity index (χ0v) is 18.5. The maximum Gasteiger partial charge on any atom is 0.226 e. The van der Waals surface area contributed by atoms with Crippen LogP contribution in [0.1, 0.15) is 32.3 Å². The summed E-state index contributed by atoms with van der Waals surface area (Å²) in [4.78, 5) is 15.2. The number of hydrogen-bond donors (Lipinski definition) is 0. The molecule has 160 valence electrons. The van der Waals surface area contributed by atoms with Crippen LogP contribution in [0.25, 0.3) is 11.1 Å². The van der Waals surface area contributed by atoms with Gasteiger partial charge in [-0.2, -0.15) is 0 Å². The lowest BCUT2D eigenvalue weighted by molar-refractivity contribution is -0.146. The van der Waals surface area contributed by atoms with Crippen LogP contribution < -0.4 is 9.47 Å². The minimum Gasteiger partial charge on any atom is -0.493 e. The molecule has 30 heavy (non-hydrogen) atoms. The SMILES string of the molecule is COc1cc(-c2cccc(Cl)c2)cc2c1OCCN(C(=O)C1CCOC(C)(C)C1)C2. The van der Waals surface area contributed by atoms with Gasteiger partial charge in [-0.15, -0.1) is 0 Å². The van der Waals surface area contributed by atoms with E-state index < -0.39 is 0 Å². The van der Waals surface area contributed by atoms with Gasteiger partial charge in [0.05, 0.1) is 19.3 Å². The second kappa shape index (κ2) is 8.48. The van der Waals surface area contributed by atoms with Crippen molar-refractivity contribution >= 4 is 17.5 Å². The fourth-order valence-corrected chi connectivity index (χ4v) is 4.55. The Bertz CT molecular complexity index is 943. The van der Waals surface area contributed by atoms with Gasteiger partial charge in [0.25, 0.3) is 0 Å². The quantitative estimate of drug-likeness (QED) is 0.693. The van der Waals surface area contributed by atoms with Crippen LogP contribution in [0, 0.1) is 5.92 Å². The molecule has 2 aromatic rings. The molecule has 0 saturated carbocycles. The molecule has 0 bridgehead atoms. The molecule has 0 N–H and O–H groups in total. The van der Waals surface area contributed by atoms with Gasteiger partial charge in [-0.1, -0.05) is 23.7 Å². The Morgan fingerprint density at radius 2 is 2.03 bits per heavy atom. The summed E-state index contributed by atoms with van der Waals surface area (Å²) in [5.41, 5.74) is 2.67. The van der Waals surface area contributed by atoms with E-state index in [0.29, 0.717) is 42.8 Å². The summed E-state index contributed by atoms with van der Waals surface area (Å²) in [6.45, 7) is 6.22. The Morgan fingerprint density at radius 1 is 1.20 bits per heavy atom. The number of halogens is 1. The van der Waals surface area contributed by atoms with Gasteiger partial charge in [0.2, 0.25) is 5.91 Å². The average molecular weight is 430 g/mol. The van der Waals surface area contributed by atoms with E-state index in [1.54, 1.807) is 7.11 Å². The van der Waals surface area contributed by atoms with Gasteiger partial charge in [0, 0.05) is 29.7 Å². The molecular formula is C24H28ClNO4. The molecule has 1 saturated heterocycles. The number of ether oxygens (including phenoxy) is 3. The van der Waals surface area contributed by atoms with Crippen LogP contribution in [0.5, 0.6) is 11.5 Å². The summed E-state index contributed by atoms with van der Waals surface area (Å²) >= 11 is 6.19. The van der Waals surface area contributed by atoms with Crippen molar-refractivity contribution in [1.29, 1.82) is 0 Å². The van der Waals surface area contributed by atoms with E-state index in [0.717, 1.165) is 29.5 Å². The lowest BCUT2D eigenvalue weighted by Crippen LogP contribution is -2.43. The third kappa shape index (κ3) is 4.42. The van der Waals surface area contributed by atoms with Crippen molar-refractivity contribution in [2.45, 2.75) is 38.8 Å². The minimum atomic E-state index is -0.262. The van der Waals surface area contributed by atoms with Crippen molar-refractivity contribution in [2.24, 2.45) is 5.92 Å². The first-order valence-corrected chi connectivity index (χ1v) is 10.8. The molecule has 1 amide bonds. The molecule has 0 aromatic heterocycles. The lowest BCUT2D eigenvalue weighted by atomic mass is 9.87. The van der Waals surface area contributed by atoms with Crippen molar-refractivity contribution in [2.75, 3.05) is 26.9 Å². The van der Waals surface area contributed by atoms with Crippen molar-refractivity contribution in [3.8, 4) is 22.6 Å². The molecule has 1 unspecified atom stereocenters. The van der Waals surface area contributed by atoms with Crippen LogP contribution in [-0.2, 0) is 16.1 Å². The highest BCUT2D eigenvalue weighted by Gasteiger charge is 2.36. The molecule has 0 aliphatic carbocycles. The largest absolute Gasteiger partial charge is 0.493 e. The van der Waals surface area contributed by atoms with Crippen molar-refractivity contribution in [3.05, 3.63) is 47.0 Å². The summed E-state index contributed by atoms with van der Waals surface area (Å²) in [6.07, 6.45) is 1.50. The lowest BCUT2D eigenvalue weighted by Gasteiger charge is -2.36. The van der Waals surface area contributed by atoms with Gasteiger partial charge in [-0.3, -0.25) is 4.79 Å². The number of amides is 1. The third-order valence-electron chi connectivity index (χ3n) is 5.84. The Kier molecular flexibility index (Phi) is 5.94. The fraction of sp³-hybridized carbons (Fsp3) is 0.458. The number of carbonyl (C=O) groups excluding carboxylic acids is 1. The van der Waals surface area contributed by atoms with E-state index in [4.69, 9.17) is 25.8 Å². The number of rotatable bonds is 3. The molecule has 0 radical (unpaired) electrons. The summed E-state index contributed by atoms with van der Waals surface area (Å²) in [5, 5.41) is 0.677. The third-order valence-corrected chi connectivity index (χ3v) is 6.07. The van der Waals surface area contributed by atoms with E-state index in [1.807, 2.05) is 35.2 Å². The Hall–Kier alpha value is -2.24. The van der Waals surface area contributed by atoms with Gasteiger partial charge in [-0.25, -0.2) is 0 Å². The van der Waals surface area contributed by atoms with Crippen LogP contribution >= 0.6 is 11.6 Å². The van der Waals surface area contributed by atoms with Gasteiger partial charge in [0.15, 0.2) is 11.5 Å². The monoisotopic (exact) mass is 429 g/mol. The van der Waals surface area contributed by atoms with Crippen molar-refractivity contribution in [3.63, 3.8) is 0 Å². The molecule has 1 fully saturated rings. The van der Waals surface area contributed by atoms with Crippen LogP contribution in [0.3, 0.4) is 0 Å². The van der Waals surface area contributed by atoms with E-state index in [1.165, 1.54) is 0 Å². The molecule has 5 nitrogen and oxygen atoms in total. The Morgan fingerprint density at radius 3 is 2.77 bits per heavy atom. The minimum absolute atomic E-state index is 0.0201. The molecule has 2 aliphatic heterocycles. The van der Waals surface area contributed by atoms with E-state index in [9.17, 15) is 4.79 Å². The molecule has 1 atom stereocenters. The Balaban J connectivity index is 1.64. The number of benzene rings is 2. The van der Waals surface area contributed by atoms with Crippen molar-refractivity contribution in [1.82, 2.24) is 4.90 Å². The topological polar surface area (TPSA) is 48.0 Å². The van der Waals surface area contributed by atoms with E-state index >= 15 is 0 Å². The molecule has 6 heteroatoms. The summed E-state index contributed by atoms with van der Waals surface area (Å²) in [6, 6.07) is 11.7. The normalized spacial score (nSPS) is 20.7. The molecule has 2 aromatic carbocycles. The average Bonchev–Trinajstić information content (AvgIpc) is 2.94. The van der Waals surface area contributed by atoms with Crippen LogP contribution in [0.15, 0.2) is 36.4 Å². The maximum atomic E-state index is 13.3. The first-order valence-electron chi connectivity index (χ1n) is 10.4. The number of fused-ring (bicyclic) bond motifs is 1. The summed E-state index contributed by atoms with van der Waals surface area (Å²) in [7, 11) is 1.64. The first-order chi connectivity index (χ1) is 14.4. The van der Waals surface area contributed by atoms with Crippen LogP contribution in [0.2, 0.25) is 5.02 Å². The molecule has 4 rings (SSSR count). The molecule has 0 spiro atoms. The van der Waals surface area contributed by atoms with Gasteiger partial charge < -0.3 is 19.1 Å². The predicted molar refractivity (Wildman–Crippen MR) is 117 cm³/mol. The van der Waals surface area contributed by atoms with Gasteiger partial charge in [0.1, 0.15) is 6.61 Å². The number of methoxy groups -OCH3 is 1. The second-order valence-corrected chi connectivity index (χ2v) is 9.02. The predicted octanol–water partition coefficient (Wildman–Crippen LogP) is 4.94. The van der Waals surface area contributed by atoms with Crippen LogP contribution in [0.4, 0.5) is 0 Å². The molecule has 2 heterocycles. The second-order valence-electron chi connectivity index (χ2n) is 8.58. The highest BCUT2D eigenvalue weighted by molar-refractivity contribution is 6.30. The number of carbonyl (C=O) groups is 1. The molecule has 2 aliphatic rings. The van der Waals surface area contributed by atoms with Gasteiger partial charge >= 0.3 is 0 Å². The molecular weight excluding hydrogens is 402 g/mol. The maximum absolute atomic E-state index is 13.3. The first kappa shape index (κ1) is 21.0. The fourth-order valence-electron chi connectivity index (χ4n) is 4.36. The van der Waals surface area contributed by atoms with Crippen LogP contribution in [-0.4, -0.2) is 43.3 Å². The number of nitrogens with zero attached hydrogens (tertiary/aromatic N) is 1. The number of hydrogen-bond acceptors (Lipinski definition) is 4. The van der Waals surface area contributed by atoms with E-state index in [2.05, 4.69) is 19.9 Å². The summed E-state index contributed by atoms with van der Waals surface area (Å²) < 4.78 is 17.4. The highest BCUT2D eigenvalue weighted by atomic mass is 35.5. The standard InChI is InChI=1S/C24H28ClNO4/c1-24(2)14-17(7-9-30-24)23(27)26-8-10-29-22-19(15-26)11-18(13-21(22)28-3)16-5-4-6-20(25)12-16/h4-6,11-13,17H,7-10,14-15H2,1-3H3. The van der Waals surface area contributed by atoms with Gasteiger partial charge in [-0.05, 0) is 62.1 Å². The zero-order valence-electron chi connectivity index (χ0n) is 17.7. The van der Waals surface area contributed by atoms with Crippen molar-refractivity contribution < 1.29 is 19.0 Å². The smallest absolute Gasteiger partial charge is 0.226 e. The summed E-state index contributed by atoms with van der Waals surface area (Å²) in [5.74, 6) is 1.54. The zero-order chi connectivity index (χ0) is 21.3. The Labute approximate surface area is 182 Å². The van der Waals surface area contributed by atoms with E-state index in [-0.39, 0.29) is 17.4 Å². The highest BCUT2D eigenvalue weighted by Crippen LogP contribution is 2.39.